The summed E-state index contributed by atoms with van der Waals surface area (Å²) in [6.07, 6.45) is 25.7. The lowest BCUT2D eigenvalue weighted by molar-refractivity contribution is 0.00578. The molecule has 18 heteroatoms. The Bertz CT molecular complexity index is 3690. The summed E-state index contributed by atoms with van der Waals surface area (Å²) >= 11 is 24.4. The number of aromatic nitrogens is 4. The molecule has 4 heterocycles. The van der Waals surface area contributed by atoms with Crippen molar-refractivity contribution in [3.05, 3.63) is 139 Å². The van der Waals surface area contributed by atoms with E-state index in [-0.39, 0.29) is 10.8 Å². The first-order valence-electron chi connectivity index (χ1n) is 34.3. The summed E-state index contributed by atoms with van der Waals surface area (Å²) in [4.78, 5) is 0. The SMILES string of the molecule is BrCCCCCCC1(CCCCCCBr)c2cc(Br)ccc2-c2ccc(Br)cc21.CC1(C)OB(c2ccc(B3OC(C)(C)C(C)(C)O3)c3nsnc23)OC1(C)C.Cc1ccc2c(c1)C(CCCCCCBr)(CCCCCCBr)c1cc(-c3ccc(C)c4nsnc34)ccc1-2. The first kappa shape index (κ1) is 74.5. The van der Waals surface area contributed by atoms with Crippen LogP contribution in [-0.2, 0) is 29.4 Å². The molecule has 2 aliphatic heterocycles. The zero-order valence-electron chi connectivity index (χ0n) is 56.9. The number of alkyl halides is 4. The third-order valence-electron chi connectivity index (χ3n) is 21.2. The van der Waals surface area contributed by atoms with Crippen LogP contribution in [0.2, 0.25) is 0 Å². The predicted octanol–water partition coefficient (Wildman–Crippen LogP) is 23.4. The van der Waals surface area contributed by atoms with Gasteiger partial charge in [-0.1, -0.05) is 245 Å². The molecule has 8 aromatic rings. The lowest BCUT2D eigenvalue weighted by Crippen LogP contribution is -2.41. The Morgan fingerprint density at radius 2 is 0.681 bits per heavy atom. The van der Waals surface area contributed by atoms with Gasteiger partial charge in [-0.25, -0.2) is 0 Å². The van der Waals surface area contributed by atoms with Gasteiger partial charge in [0, 0.05) is 57.6 Å². The summed E-state index contributed by atoms with van der Waals surface area (Å²) in [6, 6.07) is 36.7. The van der Waals surface area contributed by atoms with E-state index in [1.165, 1.54) is 211 Å². The Morgan fingerprint density at radius 1 is 0.351 bits per heavy atom. The van der Waals surface area contributed by atoms with Gasteiger partial charge in [0.1, 0.15) is 22.1 Å². The molecule has 0 bridgehead atoms. The van der Waals surface area contributed by atoms with Gasteiger partial charge >= 0.3 is 14.2 Å². The number of benzene rings is 6. The Balaban J connectivity index is 0.000000157. The molecule has 502 valence electrons. The number of hydrogen-bond acceptors (Lipinski definition) is 10. The highest BCUT2D eigenvalue weighted by molar-refractivity contribution is 9.11. The Kier molecular flexibility index (Phi) is 25.9. The van der Waals surface area contributed by atoms with Crippen molar-refractivity contribution in [2.45, 2.75) is 231 Å². The van der Waals surface area contributed by atoms with E-state index >= 15 is 0 Å². The van der Waals surface area contributed by atoms with Crippen molar-refractivity contribution in [2.75, 3.05) is 21.3 Å². The number of halogens is 6. The predicted molar refractivity (Wildman–Crippen MR) is 423 cm³/mol. The fourth-order valence-corrected chi connectivity index (χ4v) is 18.0. The third-order valence-corrected chi connectivity index (χ3v) is 25.5. The second kappa shape index (κ2) is 32.6. The van der Waals surface area contributed by atoms with Crippen LogP contribution >= 0.6 is 119 Å². The molecule has 0 atom stereocenters. The van der Waals surface area contributed by atoms with Crippen LogP contribution in [0.25, 0.3) is 55.4 Å². The standard InChI is InChI=1S/C33H38Br2N2S.C25H30Br4.C18H26B2N2O4S/c1-23-11-14-27-28-16-13-25(26-15-12-24(2)31-32(26)37-38-36-31)22-30(28)33(29(27)21-23,17-7-3-5-9-19-34)18-8-4-6-10-20-35;26-15-7-3-1-5-13-25(14-6-2-4-8-16-27)23-17-19(28)9-11-21(23)22-12-10-20(29)18-24(22)25;1-15(2)16(3,4)24-19(23-15)11-9-10-12(14-13(11)21-27-22-14)20-25-17(5,6)18(7,8)26-20/h11-16,21-22H,3-10,17-20H2,1-2H3;9-12,17-18H,1-8,13-16H2;9-10H,1-8H3. The fraction of sp³-hybridized carbons (Fsp3) is 0.526. The largest absolute Gasteiger partial charge is 0.497 e. The van der Waals surface area contributed by atoms with Crippen molar-refractivity contribution in [1.82, 2.24) is 17.5 Å². The summed E-state index contributed by atoms with van der Waals surface area (Å²) in [5.41, 5.74) is 21.0. The summed E-state index contributed by atoms with van der Waals surface area (Å²) in [6.45, 7) is 20.7. The number of rotatable bonds is 27. The summed E-state index contributed by atoms with van der Waals surface area (Å²) in [5.74, 6) is 0. The topological polar surface area (TPSA) is 88.5 Å². The van der Waals surface area contributed by atoms with E-state index in [1.807, 2.05) is 67.5 Å². The fourth-order valence-electron chi connectivity index (χ4n) is 14.5. The van der Waals surface area contributed by atoms with Gasteiger partial charge in [-0.3, -0.25) is 0 Å². The minimum absolute atomic E-state index is 0.0830. The second-order valence-corrected chi connectivity index (χ2v) is 34.6. The molecular formula is C76H94B2Br6N4O4S2. The van der Waals surface area contributed by atoms with Gasteiger partial charge in [-0.15, -0.1) is 0 Å². The third kappa shape index (κ3) is 16.1. The van der Waals surface area contributed by atoms with Crippen molar-refractivity contribution >= 4 is 166 Å². The maximum Gasteiger partial charge on any atom is 0.497 e. The van der Waals surface area contributed by atoms with Crippen LogP contribution in [0.5, 0.6) is 0 Å². The van der Waals surface area contributed by atoms with Gasteiger partial charge < -0.3 is 18.6 Å². The van der Waals surface area contributed by atoms with Crippen molar-refractivity contribution in [3.8, 4) is 33.4 Å². The molecule has 8 nitrogen and oxygen atoms in total. The maximum absolute atomic E-state index is 6.21. The van der Waals surface area contributed by atoms with Gasteiger partial charge in [-0.05, 0) is 207 Å². The molecule has 0 N–H and O–H groups in total. The van der Waals surface area contributed by atoms with Crippen molar-refractivity contribution in [3.63, 3.8) is 0 Å². The van der Waals surface area contributed by atoms with Gasteiger partial charge in [0.25, 0.3) is 0 Å². The molecule has 2 aromatic heterocycles. The summed E-state index contributed by atoms with van der Waals surface area (Å²) in [7, 11) is -0.956. The van der Waals surface area contributed by atoms with E-state index in [9.17, 15) is 0 Å². The van der Waals surface area contributed by atoms with Crippen LogP contribution in [0.3, 0.4) is 0 Å². The van der Waals surface area contributed by atoms with Crippen LogP contribution in [0, 0.1) is 13.8 Å². The van der Waals surface area contributed by atoms with Crippen LogP contribution in [0.15, 0.2) is 106 Å². The van der Waals surface area contributed by atoms with Crippen LogP contribution in [0.4, 0.5) is 0 Å². The molecule has 0 radical (unpaired) electrons. The van der Waals surface area contributed by atoms with Gasteiger partial charge in [0.05, 0.1) is 45.9 Å². The van der Waals surface area contributed by atoms with Crippen molar-refractivity contribution in [2.24, 2.45) is 0 Å². The van der Waals surface area contributed by atoms with E-state index in [4.69, 9.17) is 23.0 Å². The molecule has 2 fully saturated rings. The second-order valence-electron chi connectivity index (χ2n) is 28.5. The molecular weight excluding hydrogens is 1600 g/mol. The quantitative estimate of drug-likeness (QED) is 0.0286. The highest BCUT2D eigenvalue weighted by Gasteiger charge is 2.55. The lowest BCUT2D eigenvalue weighted by atomic mass is 9.70. The zero-order chi connectivity index (χ0) is 67.1. The Morgan fingerprint density at radius 3 is 1.09 bits per heavy atom. The number of hydrogen-bond donors (Lipinski definition) is 0. The Hall–Kier alpha value is -2.19. The zero-order valence-corrected chi connectivity index (χ0v) is 68.0. The smallest absolute Gasteiger partial charge is 0.399 e. The molecule has 0 spiro atoms. The molecule has 0 saturated carbocycles. The molecule has 6 aromatic carbocycles. The lowest BCUT2D eigenvalue weighted by Gasteiger charge is -2.33. The number of nitrogens with zero attached hydrogens (tertiary/aromatic N) is 4. The van der Waals surface area contributed by atoms with Gasteiger partial charge in [0.2, 0.25) is 0 Å². The van der Waals surface area contributed by atoms with Crippen molar-refractivity contribution < 1.29 is 18.6 Å². The average Bonchev–Trinajstić information content (AvgIpc) is 1.57. The normalized spacial score (nSPS) is 17.2. The molecule has 2 saturated heterocycles. The van der Waals surface area contributed by atoms with E-state index in [0.717, 1.165) is 54.3 Å². The van der Waals surface area contributed by atoms with Gasteiger partial charge in [-0.2, -0.15) is 17.5 Å². The first-order valence-corrected chi connectivity index (χ1v) is 41.9. The highest BCUT2D eigenvalue weighted by atomic mass is 79.9. The number of unbranched alkanes of at least 4 members (excludes halogenated alkanes) is 12. The minimum Gasteiger partial charge on any atom is -0.399 e. The maximum atomic E-state index is 6.21. The van der Waals surface area contributed by atoms with Crippen LogP contribution < -0.4 is 10.9 Å². The van der Waals surface area contributed by atoms with E-state index in [2.05, 4.69) is 207 Å². The highest BCUT2D eigenvalue weighted by Crippen LogP contribution is 2.57. The molecule has 0 unspecified atom stereocenters. The van der Waals surface area contributed by atoms with Crippen LogP contribution in [0.1, 0.15) is 217 Å². The van der Waals surface area contributed by atoms with E-state index in [0.29, 0.717) is 0 Å². The van der Waals surface area contributed by atoms with Crippen molar-refractivity contribution in [1.29, 1.82) is 0 Å². The molecule has 0 amide bonds. The van der Waals surface area contributed by atoms with Crippen LogP contribution in [-0.4, -0.2) is 75.5 Å². The summed E-state index contributed by atoms with van der Waals surface area (Å²) in [5, 5.41) is 4.46. The monoisotopic (exact) mass is 1690 g/mol. The van der Waals surface area contributed by atoms with E-state index < -0.39 is 36.6 Å². The molecule has 12 rings (SSSR count). The molecule has 4 aliphatic rings. The van der Waals surface area contributed by atoms with Gasteiger partial charge in [0.15, 0.2) is 0 Å². The first-order chi connectivity index (χ1) is 45.1. The van der Waals surface area contributed by atoms with E-state index in [1.54, 1.807) is 16.7 Å². The minimum atomic E-state index is -0.478. The molecule has 2 aliphatic carbocycles. The Labute approximate surface area is 621 Å². The summed E-state index contributed by atoms with van der Waals surface area (Å²) < 4.78 is 45.6. The number of aryl methyl sites for hydroxylation is 2. The average molecular weight is 1690 g/mol. The molecule has 94 heavy (non-hydrogen) atoms. The number of fused-ring (bicyclic) bond motifs is 8.